The number of nitrogens with zero attached hydrogens (tertiary/aromatic N) is 2. The maximum atomic E-state index is 10.8. The van der Waals surface area contributed by atoms with E-state index in [0.29, 0.717) is 37.0 Å². The second-order valence-electron chi connectivity index (χ2n) is 3.72. The molecule has 0 saturated heterocycles. The van der Waals surface area contributed by atoms with Crippen LogP contribution in [0, 0.1) is 6.92 Å². The number of carboxylic acid groups (broad SMARTS) is 1. The highest BCUT2D eigenvalue weighted by Crippen LogP contribution is 2.09. The Morgan fingerprint density at radius 1 is 1.56 bits per heavy atom. The molecule has 0 atom stereocenters. The van der Waals surface area contributed by atoms with Gasteiger partial charge in [0.05, 0.1) is 12.8 Å². The molecular formula is C11H13N3O4. The van der Waals surface area contributed by atoms with E-state index < -0.39 is 5.97 Å². The average Bonchev–Trinajstić information content (AvgIpc) is 2.93. The first kappa shape index (κ1) is 12.3. The second-order valence-corrected chi connectivity index (χ2v) is 3.72. The molecule has 2 aromatic rings. The molecule has 0 unspecified atom stereocenters. The summed E-state index contributed by atoms with van der Waals surface area (Å²) in [6.07, 6.45) is 1.95. The Balaban J connectivity index is 1.78. The minimum absolute atomic E-state index is 0.177. The number of aryl methyl sites for hydroxylation is 1. The number of carboxylic acids is 1. The average molecular weight is 251 g/mol. The SMILES string of the molecule is Cc1noc(CCNCc2occc2C(=O)O)n1. The van der Waals surface area contributed by atoms with Crippen molar-refractivity contribution in [3.8, 4) is 0 Å². The van der Waals surface area contributed by atoms with Crippen LogP contribution in [-0.2, 0) is 13.0 Å². The molecule has 0 radical (unpaired) electrons. The Morgan fingerprint density at radius 2 is 2.39 bits per heavy atom. The molecule has 18 heavy (non-hydrogen) atoms. The first-order valence-electron chi connectivity index (χ1n) is 5.46. The van der Waals surface area contributed by atoms with Crippen LogP contribution in [0.25, 0.3) is 0 Å². The molecule has 0 fully saturated rings. The zero-order valence-corrected chi connectivity index (χ0v) is 9.84. The van der Waals surface area contributed by atoms with Crippen LogP contribution < -0.4 is 5.32 Å². The monoisotopic (exact) mass is 251 g/mol. The van der Waals surface area contributed by atoms with Crippen molar-refractivity contribution in [3.63, 3.8) is 0 Å². The third-order valence-corrected chi connectivity index (χ3v) is 2.35. The fourth-order valence-corrected chi connectivity index (χ4v) is 1.51. The Hall–Kier alpha value is -2.15. The summed E-state index contributed by atoms with van der Waals surface area (Å²) in [5.41, 5.74) is 0.177. The van der Waals surface area contributed by atoms with Gasteiger partial charge in [0.1, 0.15) is 11.3 Å². The van der Waals surface area contributed by atoms with Gasteiger partial charge in [0.15, 0.2) is 5.82 Å². The van der Waals surface area contributed by atoms with Gasteiger partial charge in [-0.2, -0.15) is 4.98 Å². The molecule has 2 rings (SSSR count). The lowest BCUT2D eigenvalue weighted by molar-refractivity contribution is 0.0694. The maximum absolute atomic E-state index is 10.8. The van der Waals surface area contributed by atoms with Crippen LogP contribution in [0.1, 0.15) is 27.8 Å². The number of rotatable bonds is 6. The maximum Gasteiger partial charge on any atom is 0.339 e. The van der Waals surface area contributed by atoms with E-state index in [0.717, 1.165) is 0 Å². The predicted octanol–water partition coefficient (Wildman–Crippen LogP) is 1.00. The summed E-state index contributed by atoms with van der Waals surface area (Å²) >= 11 is 0. The summed E-state index contributed by atoms with van der Waals surface area (Å²) in [5.74, 6) is 0.569. The molecule has 0 bridgehead atoms. The fraction of sp³-hybridized carbons (Fsp3) is 0.364. The highest BCUT2D eigenvalue weighted by molar-refractivity contribution is 5.88. The van der Waals surface area contributed by atoms with E-state index in [4.69, 9.17) is 14.0 Å². The number of aromatic carboxylic acids is 1. The quantitative estimate of drug-likeness (QED) is 0.738. The Morgan fingerprint density at radius 3 is 3.06 bits per heavy atom. The largest absolute Gasteiger partial charge is 0.478 e. The summed E-state index contributed by atoms with van der Waals surface area (Å²) in [6, 6.07) is 1.43. The van der Waals surface area contributed by atoms with E-state index in [2.05, 4.69) is 15.5 Å². The van der Waals surface area contributed by atoms with Gasteiger partial charge in [-0.25, -0.2) is 4.79 Å². The van der Waals surface area contributed by atoms with Crippen molar-refractivity contribution < 1.29 is 18.8 Å². The van der Waals surface area contributed by atoms with Crippen molar-refractivity contribution in [1.82, 2.24) is 15.5 Å². The highest BCUT2D eigenvalue weighted by Gasteiger charge is 2.12. The lowest BCUT2D eigenvalue weighted by atomic mass is 10.2. The van der Waals surface area contributed by atoms with Crippen molar-refractivity contribution in [1.29, 1.82) is 0 Å². The topological polar surface area (TPSA) is 101 Å². The molecule has 2 N–H and O–H groups in total. The van der Waals surface area contributed by atoms with Gasteiger partial charge < -0.3 is 19.4 Å². The first-order valence-corrected chi connectivity index (χ1v) is 5.46. The lowest BCUT2D eigenvalue weighted by Gasteiger charge is -2.01. The molecule has 7 heteroatoms. The molecule has 0 aliphatic heterocycles. The van der Waals surface area contributed by atoms with Gasteiger partial charge in [-0.3, -0.25) is 0 Å². The number of carbonyl (C=O) groups is 1. The van der Waals surface area contributed by atoms with E-state index in [1.165, 1.54) is 12.3 Å². The van der Waals surface area contributed by atoms with Crippen molar-refractivity contribution >= 4 is 5.97 Å². The molecular weight excluding hydrogens is 238 g/mol. The minimum Gasteiger partial charge on any atom is -0.478 e. The lowest BCUT2D eigenvalue weighted by Crippen LogP contribution is -2.18. The van der Waals surface area contributed by atoms with Gasteiger partial charge in [-0.1, -0.05) is 5.16 Å². The van der Waals surface area contributed by atoms with Gasteiger partial charge in [0, 0.05) is 13.0 Å². The fourth-order valence-electron chi connectivity index (χ4n) is 1.51. The zero-order valence-electron chi connectivity index (χ0n) is 9.84. The Bertz CT molecular complexity index is 532. The van der Waals surface area contributed by atoms with Gasteiger partial charge in [0.25, 0.3) is 0 Å². The molecule has 2 aromatic heterocycles. The standard InChI is InChI=1S/C11H13N3O4/c1-7-13-10(18-14-7)2-4-12-6-9-8(11(15)16)3-5-17-9/h3,5,12H,2,4,6H2,1H3,(H,15,16). The van der Waals surface area contributed by atoms with Crippen molar-refractivity contribution in [2.45, 2.75) is 19.9 Å². The van der Waals surface area contributed by atoms with E-state index in [1.54, 1.807) is 6.92 Å². The van der Waals surface area contributed by atoms with E-state index in [9.17, 15) is 4.79 Å². The van der Waals surface area contributed by atoms with Crippen molar-refractivity contribution in [2.24, 2.45) is 0 Å². The van der Waals surface area contributed by atoms with E-state index >= 15 is 0 Å². The third-order valence-electron chi connectivity index (χ3n) is 2.35. The number of aromatic nitrogens is 2. The summed E-state index contributed by atoms with van der Waals surface area (Å²) < 4.78 is 10.0. The number of nitrogens with one attached hydrogen (secondary N) is 1. The normalized spacial score (nSPS) is 10.7. The third kappa shape index (κ3) is 2.95. The number of hydrogen-bond donors (Lipinski definition) is 2. The Kier molecular flexibility index (Phi) is 3.73. The van der Waals surface area contributed by atoms with Gasteiger partial charge in [0.2, 0.25) is 5.89 Å². The molecule has 0 aliphatic rings. The van der Waals surface area contributed by atoms with Crippen LogP contribution in [0.3, 0.4) is 0 Å². The van der Waals surface area contributed by atoms with Crippen LogP contribution in [0.15, 0.2) is 21.3 Å². The molecule has 7 nitrogen and oxygen atoms in total. The van der Waals surface area contributed by atoms with Crippen LogP contribution >= 0.6 is 0 Å². The zero-order chi connectivity index (χ0) is 13.0. The number of hydrogen-bond acceptors (Lipinski definition) is 6. The van der Waals surface area contributed by atoms with Gasteiger partial charge in [-0.15, -0.1) is 0 Å². The molecule has 0 saturated carbocycles. The van der Waals surface area contributed by atoms with Crippen molar-refractivity contribution in [2.75, 3.05) is 6.54 Å². The van der Waals surface area contributed by atoms with Crippen LogP contribution in [0.5, 0.6) is 0 Å². The summed E-state index contributed by atoms with van der Waals surface area (Å²) in [5, 5.41) is 15.6. The minimum atomic E-state index is -0.993. The molecule has 0 amide bonds. The molecule has 0 aliphatic carbocycles. The summed E-state index contributed by atoms with van der Waals surface area (Å²) in [7, 11) is 0. The molecule has 2 heterocycles. The van der Waals surface area contributed by atoms with E-state index in [-0.39, 0.29) is 5.56 Å². The second kappa shape index (κ2) is 5.46. The molecule has 0 aromatic carbocycles. The molecule has 96 valence electrons. The Labute approximate surface area is 103 Å². The summed E-state index contributed by atoms with van der Waals surface area (Å²) in [4.78, 5) is 14.9. The summed E-state index contributed by atoms with van der Waals surface area (Å²) in [6.45, 7) is 2.70. The van der Waals surface area contributed by atoms with Gasteiger partial charge in [-0.05, 0) is 13.0 Å². The van der Waals surface area contributed by atoms with Crippen LogP contribution in [-0.4, -0.2) is 27.8 Å². The van der Waals surface area contributed by atoms with Gasteiger partial charge >= 0.3 is 5.97 Å². The molecule has 0 spiro atoms. The predicted molar refractivity (Wildman–Crippen MR) is 60.1 cm³/mol. The number of furan rings is 1. The highest BCUT2D eigenvalue weighted by atomic mass is 16.5. The van der Waals surface area contributed by atoms with Crippen LogP contribution in [0.4, 0.5) is 0 Å². The first-order chi connectivity index (χ1) is 8.66. The smallest absolute Gasteiger partial charge is 0.339 e. The van der Waals surface area contributed by atoms with Crippen LogP contribution in [0.2, 0.25) is 0 Å². The van der Waals surface area contributed by atoms with Crippen molar-refractivity contribution in [3.05, 3.63) is 35.4 Å². The van der Waals surface area contributed by atoms with E-state index in [1.807, 2.05) is 0 Å².